The molecular formula is C17H13N3. The molecule has 1 heterocycles. The van der Waals surface area contributed by atoms with Gasteiger partial charge in [0.25, 0.3) is 0 Å². The van der Waals surface area contributed by atoms with Gasteiger partial charge in [-0.1, -0.05) is 24.3 Å². The molecule has 0 aliphatic heterocycles. The van der Waals surface area contributed by atoms with E-state index in [9.17, 15) is 0 Å². The van der Waals surface area contributed by atoms with Crippen LogP contribution in [0.15, 0.2) is 42.5 Å². The Hall–Kier alpha value is -2.60. The third-order valence-electron chi connectivity index (χ3n) is 3.84. The van der Waals surface area contributed by atoms with Crippen molar-refractivity contribution in [1.29, 1.82) is 5.26 Å². The molecule has 3 nitrogen and oxygen atoms in total. The molecule has 1 aliphatic carbocycles. The average molecular weight is 259 g/mol. The molecule has 0 atom stereocenters. The summed E-state index contributed by atoms with van der Waals surface area (Å²) in [6, 6.07) is 16.3. The van der Waals surface area contributed by atoms with E-state index in [-0.39, 0.29) is 0 Å². The lowest BCUT2D eigenvalue weighted by atomic mass is 10.1. The van der Waals surface area contributed by atoms with Crippen molar-refractivity contribution < 1.29 is 0 Å². The fraction of sp³-hybridized carbons (Fsp3) is 0.176. The van der Waals surface area contributed by atoms with Crippen LogP contribution in [-0.2, 0) is 0 Å². The molecule has 0 saturated heterocycles. The second kappa shape index (κ2) is 4.21. The summed E-state index contributed by atoms with van der Waals surface area (Å²) in [6.07, 6.45) is 2.64. The summed E-state index contributed by atoms with van der Waals surface area (Å²) >= 11 is 0. The molecule has 1 N–H and O–H groups in total. The largest absolute Gasteiger partial charge is 0.338 e. The van der Waals surface area contributed by atoms with E-state index in [4.69, 9.17) is 5.26 Å². The van der Waals surface area contributed by atoms with Gasteiger partial charge >= 0.3 is 0 Å². The van der Waals surface area contributed by atoms with Crippen molar-refractivity contribution in [3.05, 3.63) is 53.6 Å². The number of nitrogens with one attached hydrogen (secondary N) is 1. The van der Waals surface area contributed by atoms with E-state index in [2.05, 4.69) is 40.3 Å². The number of H-pyrrole nitrogens is 1. The molecule has 0 radical (unpaired) electrons. The van der Waals surface area contributed by atoms with Crippen LogP contribution in [0.5, 0.6) is 0 Å². The summed E-state index contributed by atoms with van der Waals surface area (Å²) < 4.78 is 0. The lowest BCUT2D eigenvalue weighted by Gasteiger charge is -2.00. The lowest BCUT2D eigenvalue weighted by molar-refractivity contribution is 1.13. The number of hydrogen-bond acceptors (Lipinski definition) is 2. The first-order valence-corrected chi connectivity index (χ1v) is 6.84. The first kappa shape index (κ1) is 11.2. The van der Waals surface area contributed by atoms with Gasteiger partial charge in [0.2, 0.25) is 0 Å². The smallest absolute Gasteiger partial charge is 0.138 e. The lowest BCUT2D eigenvalue weighted by Crippen LogP contribution is -1.82. The van der Waals surface area contributed by atoms with Crippen LogP contribution in [-0.4, -0.2) is 9.97 Å². The number of aromatic amines is 1. The van der Waals surface area contributed by atoms with Crippen molar-refractivity contribution in [3.63, 3.8) is 0 Å². The number of nitriles is 1. The molecule has 1 aliphatic rings. The topological polar surface area (TPSA) is 52.5 Å². The Morgan fingerprint density at radius 3 is 2.60 bits per heavy atom. The van der Waals surface area contributed by atoms with E-state index >= 15 is 0 Å². The minimum Gasteiger partial charge on any atom is -0.338 e. The van der Waals surface area contributed by atoms with Crippen molar-refractivity contribution in [2.45, 2.75) is 18.8 Å². The molecule has 1 aromatic heterocycles. The molecule has 2 aromatic carbocycles. The number of fused-ring (bicyclic) bond motifs is 1. The number of imidazole rings is 1. The van der Waals surface area contributed by atoms with Gasteiger partial charge < -0.3 is 4.98 Å². The van der Waals surface area contributed by atoms with Crippen molar-refractivity contribution >= 4 is 11.0 Å². The van der Waals surface area contributed by atoms with Gasteiger partial charge in [-0.3, -0.25) is 0 Å². The van der Waals surface area contributed by atoms with E-state index in [1.165, 1.54) is 18.4 Å². The van der Waals surface area contributed by atoms with Crippen molar-refractivity contribution in [3.8, 4) is 17.5 Å². The maximum atomic E-state index is 8.93. The minimum atomic E-state index is 0.650. The molecule has 0 spiro atoms. The zero-order chi connectivity index (χ0) is 13.5. The molecule has 96 valence electrons. The Morgan fingerprint density at radius 2 is 1.90 bits per heavy atom. The molecule has 0 amide bonds. The van der Waals surface area contributed by atoms with Crippen LogP contribution in [0.25, 0.3) is 22.4 Å². The standard InChI is InChI=1S/C17H13N3/c18-10-11-1-8-15-16(9-11)20-17(19-15)14-6-4-13(5-7-14)12-2-3-12/h1,4-9,12H,2-3H2,(H,19,20). The molecule has 3 aromatic rings. The maximum absolute atomic E-state index is 8.93. The quantitative estimate of drug-likeness (QED) is 0.756. The first-order chi connectivity index (χ1) is 9.83. The normalized spacial score (nSPS) is 14.3. The van der Waals surface area contributed by atoms with Gasteiger partial charge in [-0.15, -0.1) is 0 Å². The van der Waals surface area contributed by atoms with E-state index < -0.39 is 0 Å². The molecule has 20 heavy (non-hydrogen) atoms. The highest BCUT2D eigenvalue weighted by atomic mass is 14.9. The van der Waals surface area contributed by atoms with Crippen LogP contribution in [0, 0.1) is 11.3 Å². The van der Waals surface area contributed by atoms with Gasteiger partial charge in [-0.25, -0.2) is 4.98 Å². The highest BCUT2D eigenvalue weighted by molar-refractivity contribution is 5.80. The van der Waals surface area contributed by atoms with Gasteiger partial charge in [0, 0.05) is 5.56 Å². The zero-order valence-electron chi connectivity index (χ0n) is 10.9. The average Bonchev–Trinajstić information content (AvgIpc) is 3.26. The van der Waals surface area contributed by atoms with Crippen LogP contribution in [0.4, 0.5) is 0 Å². The molecule has 1 saturated carbocycles. The van der Waals surface area contributed by atoms with E-state index in [0.717, 1.165) is 28.3 Å². The van der Waals surface area contributed by atoms with E-state index in [1.54, 1.807) is 6.07 Å². The van der Waals surface area contributed by atoms with Crippen LogP contribution >= 0.6 is 0 Å². The molecule has 4 rings (SSSR count). The highest BCUT2D eigenvalue weighted by Gasteiger charge is 2.23. The summed E-state index contributed by atoms with van der Waals surface area (Å²) in [5.41, 5.74) is 4.97. The first-order valence-electron chi connectivity index (χ1n) is 6.84. The van der Waals surface area contributed by atoms with Gasteiger partial charge in [0.1, 0.15) is 5.82 Å². The summed E-state index contributed by atoms with van der Waals surface area (Å²) in [7, 11) is 0. The fourth-order valence-electron chi connectivity index (χ4n) is 2.55. The van der Waals surface area contributed by atoms with E-state index in [1.807, 2.05) is 12.1 Å². The zero-order valence-corrected chi connectivity index (χ0v) is 10.9. The predicted molar refractivity (Wildman–Crippen MR) is 78.2 cm³/mol. The monoisotopic (exact) mass is 259 g/mol. The van der Waals surface area contributed by atoms with Crippen molar-refractivity contribution in [1.82, 2.24) is 9.97 Å². The number of hydrogen-bond donors (Lipinski definition) is 1. The molecule has 0 bridgehead atoms. The summed E-state index contributed by atoms with van der Waals surface area (Å²) in [4.78, 5) is 7.87. The Balaban J connectivity index is 1.75. The molecule has 1 fully saturated rings. The van der Waals surface area contributed by atoms with Gasteiger partial charge in [-0.05, 0) is 42.5 Å². The SMILES string of the molecule is N#Cc1ccc2nc(-c3ccc(C4CC4)cc3)[nH]c2c1. The summed E-state index contributed by atoms with van der Waals surface area (Å²) in [5.74, 6) is 1.63. The minimum absolute atomic E-state index is 0.650. The molecular weight excluding hydrogens is 246 g/mol. The third-order valence-corrected chi connectivity index (χ3v) is 3.84. The van der Waals surface area contributed by atoms with Crippen LogP contribution < -0.4 is 0 Å². The molecule has 0 unspecified atom stereocenters. The Morgan fingerprint density at radius 1 is 1.10 bits per heavy atom. The second-order valence-electron chi connectivity index (χ2n) is 5.33. The Kier molecular flexibility index (Phi) is 2.37. The summed E-state index contributed by atoms with van der Waals surface area (Å²) in [6.45, 7) is 0. The number of aromatic nitrogens is 2. The molecule has 3 heteroatoms. The van der Waals surface area contributed by atoms with Crippen molar-refractivity contribution in [2.24, 2.45) is 0 Å². The predicted octanol–water partition coefficient (Wildman–Crippen LogP) is 3.98. The Bertz CT molecular complexity index is 818. The van der Waals surface area contributed by atoms with Crippen LogP contribution in [0.3, 0.4) is 0 Å². The second-order valence-corrected chi connectivity index (χ2v) is 5.33. The number of benzene rings is 2. The van der Waals surface area contributed by atoms with Gasteiger partial charge in [0.05, 0.1) is 22.7 Å². The fourth-order valence-corrected chi connectivity index (χ4v) is 2.55. The summed E-state index contributed by atoms with van der Waals surface area (Å²) in [5, 5.41) is 8.93. The van der Waals surface area contributed by atoms with Crippen LogP contribution in [0.2, 0.25) is 0 Å². The number of nitrogens with zero attached hydrogens (tertiary/aromatic N) is 2. The van der Waals surface area contributed by atoms with Gasteiger partial charge in [-0.2, -0.15) is 5.26 Å². The van der Waals surface area contributed by atoms with Crippen molar-refractivity contribution in [2.75, 3.05) is 0 Å². The van der Waals surface area contributed by atoms with E-state index in [0.29, 0.717) is 5.56 Å². The third kappa shape index (κ3) is 1.86. The maximum Gasteiger partial charge on any atom is 0.138 e. The highest BCUT2D eigenvalue weighted by Crippen LogP contribution is 2.40. The number of rotatable bonds is 2. The van der Waals surface area contributed by atoms with Gasteiger partial charge in [0.15, 0.2) is 0 Å². The Labute approximate surface area is 116 Å². The van der Waals surface area contributed by atoms with Crippen LogP contribution in [0.1, 0.15) is 29.9 Å².